The highest BCUT2D eigenvalue weighted by Crippen LogP contribution is 2.49. The molecule has 1 saturated heterocycles. The number of benzene rings is 2. The van der Waals surface area contributed by atoms with Crippen molar-refractivity contribution in [1.82, 2.24) is 0 Å². The molecule has 0 aromatic heterocycles. The summed E-state index contributed by atoms with van der Waals surface area (Å²) in [6.07, 6.45) is 6.58. The van der Waals surface area contributed by atoms with E-state index in [2.05, 4.69) is 85.4 Å². The van der Waals surface area contributed by atoms with Crippen molar-refractivity contribution in [3.05, 3.63) is 40.5 Å². The number of rotatable bonds is 0. The number of fused-ring (bicyclic) bond motifs is 5. The Kier molecular flexibility index (Phi) is 30.9. The second kappa shape index (κ2) is 27.3. The minimum Gasteiger partial charge on any atom is -0.368 e. The van der Waals surface area contributed by atoms with Crippen LogP contribution in [0.4, 0.5) is 5.69 Å². The molecule has 1 fully saturated rings. The molecule has 6 aliphatic rings. The van der Waals surface area contributed by atoms with Crippen molar-refractivity contribution in [3.8, 4) is 0 Å². The molecule has 1 unspecified atom stereocenters. The molecule has 0 bridgehead atoms. The van der Waals surface area contributed by atoms with Crippen LogP contribution in [0, 0.1) is 17.8 Å². The van der Waals surface area contributed by atoms with Gasteiger partial charge in [-0.2, -0.15) is 0 Å². The third kappa shape index (κ3) is 10.5. The van der Waals surface area contributed by atoms with Gasteiger partial charge < -0.3 is 4.90 Å². The number of hydrogen-bond donors (Lipinski definition) is 0. The Labute approximate surface area is 366 Å². The Morgan fingerprint density at radius 1 is 0.439 bits per heavy atom. The normalized spacial score (nSPS) is 27.8. The topological polar surface area (TPSA) is 3.24 Å². The van der Waals surface area contributed by atoms with E-state index in [1.165, 1.54) is 25.7 Å². The van der Waals surface area contributed by atoms with Gasteiger partial charge in [-0.3, -0.25) is 0 Å². The zero-order valence-electron chi connectivity index (χ0n) is 36.7. The summed E-state index contributed by atoms with van der Waals surface area (Å²) in [7, 11) is 0. The molecule has 1 nitrogen and oxygen atoms in total. The lowest BCUT2D eigenvalue weighted by molar-refractivity contribution is 0.382. The van der Waals surface area contributed by atoms with E-state index in [0.29, 0.717) is 37.1 Å². The minimum atomic E-state index is 0. The highest BCUT2D eigenvalue weighted by Gasteiger charge is 2.54. The fourth-order valence-electron chi connectivity index (χ4n) is 11.7. The summed E-state index contributed by atoms with van der Waals surface area (Å²) in [6.45, 7) is 45.1. The molecule has 0 spiro atoms. The van der Waals surface area contributed by atoms with E-state index in [1.54, 1.807) is 49.8 Å². The van der Waals surface area contributed by atoms with E-state index in [-0.39, 0.29) is 52.0 Å². The number of hydrogen-bond acceptors (Lipinski definition) is 1. The maximum Gasteiger partial charge on any atom is 0.217 e. The maximum absolute atomic E-state index is 2.94. The highest BCUT2D eigenvalue weighted by molar-refractivity contribution is 6.91. The van der Waals surface area contributed by atoms with Gasteiger partial charge in [-0.1, -0.05) is 246 Å². The zero-order chi connectivity index (χ0) is 37.9. The molecule has 0 radical (unpaired) electrons. The summed E-state index contributed by atoms with van der Waals surface area (Å²) < 4.78 is 0. The fraction of sp³-hybridized carbons (Fsp3) is 0.774. The predicted octanol–water partition coefficient (Wildman–Crippen LogP) is 15.5. The highest BCUT2D eigenvalue weighted by atomic mass is 15.2. The average Bonchev–Trinajstić information content (AvgIpc) is 3.15. The van der Waals surface area contributed by atoms with Crippen LogP contribution in [-0.2, 0) is 19.3 Å². The molecule has 10 atom stereocenters. The van der Waals surface area contributed by atoms with E-state index in [1.807, 2.05) is 69.2 Å². The van der Waals surface area contributed by atoms with Crippen LogP contribution in [0.2, 0.25) is 29.1 Å². The minimum absolute atomic E-state index is 0. The first-order chi connectivity index (χ1) is 24.1. The molecule has 6 heterocycles. The largest absolute Gasteiger partial charge is 0.368 e. The smallest absolute Gasteiger partial charge is 0.217 e. The molecule has 2 aromatic rings. The molecule has 6 aliphatic heterocycles. The molecule has 4 heteroatoms. The Balaban J connectivity index is -0.000000495. The lowest BCUT2D eigenvalue weighted by atomic mass is 9.20. The first-order valence-electron chi connectivity index (χ1n) is 22.2. The van der Waals surface area contributed by atoms with Crippen LogP contribution in [0.1, 0.15) is 219 Å². The number of anilines is 1. The second-order valence-corrected chi connectivity index (χ2v) is 16.2. The van der Waals surface area contributed by atoms with E-state index in [0.717, 1.165) is 48.3 Å². The summed E-state index contributed by atoms with van der Waals surface area (Å²) >= 11 is 0. The molecule has 57 heavy (non-hydrogen) atoms. The van der Waals surface area contributed by atoms with Crippen molar-refractivity contribution in [2.45, 2.75) is 257 Å². The van der Waals surface area contributed by atoms with Gasteiger partial charge in [0, 0.05) is 17.8 Å². The van der Waals surface area contributed by atoms with Gasteiger partial charge in [0.1, 0.15) is 0 Å². The average molecular weight is 792 g/mol. The van der Waals surface area contributed by atoms with Crippen molar-refractivity contribution in [1.29, 1.82) is 0 Å². The summed E-state index contributed by atoms with van der Waals surface area (Å²) in [4.78, 5) is 2.94. The molecular weight excluding hydrogens is 683 g/mol. The Morgan fingerprint density at radius 2 is 0.912 bits per heavy atom. The van der Waals surface area contributed by atoms with Crippen LogP contribution in [0.15, 0.2) is 18.2 Å². The Hall–Kier alpha value is -1.57. The van der Waals surface area contributed by atoms with E-state index < -0.39 is 0 Å². The summed E-state index contributed by atoms with van der Waals surface area (Å²) in [6, 6.07) is 9.47. The zero-order valence-corrected chi connectivity index (χ0v) is 36.7. The van der Waals surface area contributed by atoms with Crippen molar-refractivity contribution < 1.29 is 0 Å². The van der Waals surface area contributed by atoms with Crippen LogP contribution >= 0.6 is 0 Å². The van der Waals surface area contributed by atoms with Gasteiger partial charge in [0.15, 0.2) is 13.4 Å². The standard InChI is InChI=1S/C36H50B3N.5C2H6.7CH4/c1-18-10-11-31-20(3)13-27-14-28-15-30-16-29-12-19(2)22(5)37-23(6)25(8)40-26(9)24(7)39(35(30)36(40)34(29)37)33(28)17-32(27)38(31)21(18)4;5*1-2;;;;;;;/h14,16-26,31H,10-13,15H2,1-9H3;5*1-2H3;7*1H4/t18-,19+,20-,21-,22+,23-,24+,25+,26-,31?;;;;;;;;;;;;/m0............/s1. The van der Waals surface area contributed by atoms with Gasteiger partial charge in [0.25, 0.3) is 0 Å². The van der Waals surface area contributed by atoms with Crippen LogP contribution in [0.25, 0.3) is 0 Å². The van der Waals surface area contributed by atoms with Crippen LogP contribution < -0.4 is 26.8 Å². The van der Waals surface area contributed by atoms with Crippen molar-refractivity contribution in [2.75, 3.05) is 4.90 Å². The van der Waals surface area contributed by atoms with Gasteiger partial charge in [-0.05, 0) is 79.1 Å². The number of nitrogens with zero attached hydrogens (tertiary/aromatic N) is 1. The maximum atomic E-state index is 2.94. The summed E-state index contributed by atoms with van der Waals surface area (Å²) in [5.74, 6) is 6.24. The van der Waals surface area contributed by atoms with E-state index in [4.69, 9.17) is 0 Å². The SMILES string of the molecule is C.C.C.C.C.C.C.CC.CC.CC.CC.CC.C[C@@H]1Cc2cc3c4c5c2B([C@@H](C)[C@@H](C)N5[C@@H](C)[C@@H](C)B4c2cc4c(cc2C3)C[C@H](C)C2CC[C@H](C)[C@H](C)B42)[C@@H]1C. The van der Waals surface area contributed by atoms with Gasteiger partial charge in [0.2, 0.25) is 6.71 Å². The molecule has 0 amide bonds. The summed E-state index contributed by atoms with van der Waals surface area (Å²) in [5.41, 5.74) is 15.5. The molecule has 8 rings (SSSR count). The first kappa shape index (κ1) is 64.6. The molecule has 2 aromatic carbocycles. The van der Waals surface area contributed by atoms with Crippen LogP contribution in [0.5, 0.6) is 0 Å². The van der Waals surface area contributed by atoms with E-state index >= 15 is 0 Å². The third-order valence-electron chi connectivity index (χ3n) is 14.6. The van der Waals surface area contributed by atoms with Gasteiger partial charge in [-0.25, -0.2) is 0 Å². The molecule has 0 saturated carbocycles. The molecule has 334 valence electrons. The third-order valence-corrected chi connectivity index (χ3v) is 14.6. The van der Waals surface area contributed by atoms with E-state index in [9.17, 15) is 0 Å². The lowest BCUT2D eigenvalue weighted by Crippen LogP contribution is -2.70. The van der Waals surface area contributed by atoms with Crippen molar-refractivity contribution >= 4 is 47.7 Å². The molecular formula is C53H108B3N. The summed E-state index contributed by atoms with van der Waals surface area (Å²) in [5, 5.41) is 0. The second-order valence-electron chi connectivity index (χ2n) is 16.2. The predicted molar refractivity (Wildman–Crippen MR) is 282 cm³/mol. The van der Waals surface area contributed by atoms with Crippen molar-refractivity contribution in [2.24, 2.45) is 17.8 Å². The Bertz CT molecular complexity index is 1400. The molecule has 0 aliphatic carbocycles. The van der Waals surface area contributed by atoms with Crippen LogP contribution in [-0.4, -0.2) is 32.2 Å². The van der Waals surface area contributed by atoms with Gasteiger partial charge in [-0.15, -0.1) is 0 Å². The van der Waals surface area contributed by atoms with Crippen molar-refractivity contribution in [3.63, 3.8) is 0 Å². The monoisotopic (exact) mass is 792 g/mol. The Morgan fingerprint density at radius 3 is 1.46 bits per heavy atom. The quantitative estimate of drug-likeness (QED) is 0.240. The molecule has 0 N–H and O–H groups in total. The van der Waals surface area contributed by atoms with Crippen LogP contribution in [0.3, 0.4) is 0 Å². The van der Waals surface area contributed by atoms with Gasteiger partial charge in [0.05, 0.1) is 0 Å². The van der Waals surface area contributed by atoms with Gasteiger partial charge >= 0.3 is 0 Å². The lowest BCUT2D eigenvalue weighted by Gasteiger charge is -2.58. The fourth-order valence-corrected chi connectivity index (χ4v) is 11.7. The first-order valence-corrected chi connectivity index (χ1v) is 22.2.